The molecule has 27 heavy (non-hydrogen) atoms. The molecule has 0 saturated carbocycles. The zero-order valence-electron chi connectivity index (χ0n) is 16.5. The van der Waals surface area contributed by atoms with Crippen LogP contribution in [0.3, 0.4) is 0 Å². The van der Waals surface area contributed by atoms with Crippen LogP contribution in [0.15, 0.2) is 54.6 Å². The van der Waals surface area contributed by atoms with Gasteiger partial charge in [0.15, 0.2) is 0 Å². The number of hydrogen-bond donors (Lipinski definition) is 2. The molecule has 3 rings (SSSR count). The molecule has 0 bridgehead atoms. The minimum atomic E-state index is -0.677. The van der Waals surface area contributed by atoms with Gasteiger partial charge in [0.05, 0.1) is 11.6 Å². The number of rotatable bonds is 6. The van der Waals surface area contributed by atoms with Crippen molar-refractivity contribution in [2.24, 2.45) is 0 Å². The van der Waals surface area contributed by atoms with Crippen molar-refractivity contribution >= 4 is 16.8 Å². The molecular weight excluding hydrogens is 336 g/mol. The Kier molecular flexibility index (Phi) is 5.38. The van der Waals surface area contributed by atoms with Gasteiger partial charge in [-0.1, -0.05) is 30.3 Å². The summed E-state index contributed by atoms with van der Waals surface area (Å²) in [5, 5.41) is 11.0. The number of H-pyrrole nitrogens is 1. The van der Waals surface area contributed by atoms with Gasteiger partial charge in [0.1, 0.15) is 0 Å². The fourth-order valence-corrected chi connectivity index (χ4v) is 3.17. The van der Waals surface area contributed by atoms with E-state index < -0.39 is 5.60 Å². The molecule has 2 N–H and O–H groups in total. The molecule has 2 aromatic carbocycles. The fourth-order valence-electron chi connectivity index (χ4n) is 3.17. The number of nitrogens with one attached hydrogen (secondary N) is 1. The highest BCUT2D eigenvalue weighted by Gasteiger charge is 2.20. The molecule has 4 heteroatoms. The lowest BCUT2D eigenvalue weighted by Crippen LogP contribution is -2.29. The maximum absolute atomic E-state index is 12.9. The highest BCUT2D eigenvalue weighted by molar-refractivity contribution is 5.94. The van der Waals surface area contributed by atoms with Crippen LogP contribution < -0.4 is 0 Å². The summed E-state index contributed by atoms with van der Waals surface area (Å²) in [6.45, 7) is 5.65. The minimum absolute atomic E-state index is 0.00445. The smallest absolute Gasteiger partial charge is 0.254 e. The Hall–Kier alpha value is -2.59. The van der Waals surface area contributed by atoms with Crippen molar-refractivity contribution in [3.05, 3.63) is 71.4 Å². The van der Waals surface area contributed by atoms with E-state index in [0.717, 1.165) is 28.6 Å². The number of benzene rings is 2. The van der Waals surface area contributed by atoms with Crippen LogP contribution in [0.5, 0.6) is 0 Å². The second kappa shape index (κ2) is 7.57. The number of fused-ring (bicyclic) bond motifs is 1. The van der Waals surface area contributed by atoms with E-state index in [2.05, 4.69) is 17.1 Å². The summed E-state index contributed by atoms with van der Waals surface area (Å²) in [7, 11) is 1.83. The van der Waals surface area contributed by atoms with Crippen LogP contribution in [0.4, 0.5) is 0 Å². The van der Waals surface area contributed by atoms with Crippen LogP contribution >= 0.6 is 0 Å². The molecule has 0 aliphatic carbocycles. The number of carbonyl (C=O) groups is 1. The number of aromatic amines is 1. The summed E-state index contributed by atoms with van der Waals surface area (Å²) >= 11 is 0. The average Bonchev–Trinajstić information content (AvgIpc) is 3.08. The average molecular weight is 364 g/mol. The van der Waals surface area contributed by atoms with Crippen LogP contribution in [0.2, 0.25) is 0 Å². The summed E-state index contributed by atoms with van der Waals surface area (Å²) in [5.74, 6) is -0.00445. The molecule has 142 valence electrons. The summed E-state index contributed by atoms with van der Waals surface area (Å²) in [4.78, 5) is 18.0. The maximum atomic E-state index is 12.9. The number of aliphatic hydroxyl groups is 1. The van der Waals surface area contributed by atoms with E-state index in [1.54, 1.807) is 4.90 Å². The van der Waals surface area contributed by atoms with Gasteiger partial charge in [-0.05, 0) is 68.8 Å². The Morgan fingerprint density at radius 2 is 1.81 bits per heavy atom. The van der Waals surface area contributed by atoms with Crippen molar-refractivity contribution in [3.63, 3.8) is 0 Å². The molecule has 1 atom stereocenters. The molecule has 0 aliphatic heterocycles. The lowest BCUT2D eigenvalue weighted by molar-refractivity contribution is 0.0711. The van der Waals surface area contributed by atoms with Crippen molar-refractivity contribution in [2.75, 3.05) is 7.05 Å². The van der Waals surface area contributed by atoms with E-state index >= 15 is 0 Å². The lowest BCUT2D eigenvalue weighted by Gasteiger charge is -2.24. The molecule has 1 aromatic heterocycles. The second-order valence-electron chi connectivity index (χ2n) is 7.91. The number of amides is 1. The SMILES string of the molecule is C[C@H](c1cc2ccccc2[nH]1)N(C)C(=O)c1ccc(CCC(C)(C)O)cc1. The number of carbonyl (C=O) groups excluding carboxylic acids is 1. The first kappa shape index (κ1) is 19.2. The normalized spacial score (nSPS) is 12.9. The summed E-state index contributed by atoms with van der Waals surface area (Å²) in [6.07, 6.45) is 1.48. The van der Waals surface area contributed by atoms with Crippen LogP contribution in [0.25, 0.3) is 10.9 Å². The highest BCUT2D eigenvalue weighted by Crippen LogP contribution is 2.24. The number of para-hydroxylation sites is 1. The van der Waals surface area contributed by atoms with Gasteiger partial charge in [-0.15, -0.1) is 0 Å². The predicted molar refractivity (Wildman–Crippen MR) is 110 cm³/mol. The minimum Gasteiger partial charge on any atom is -0.390 e. The van der Waals surface area contributed by atoms with Gasteiger partial charge in [-0.2, -0.15) is 0 Å². The van der Waals surface area contributed by atoms with Gasteiger partial charge in [0, 0.05) is 23.8 Å². The Morgan fingerprint density at radius 1 is 1.15 bits per heavy atom. The number of aromatic nitrogens is 1. The first-order valence-electron chi connectivity index (χ1n) is 9.41. The first-order valence-corrected chi connectivity index (χ1v) is 9.41. The second-order valence-corrected chi connectivity index (χ2v) is 7.91. The van der Waals surface area contributed by atoms with Gasteiger partial charge in [0.2, 0.25) is 0 Å². The molecule has 4 nitrogen and oxygen atoms in total. The number of hydrogen-bond acceptors (Lipinski definition) is 2. The highest BCUT2D eigenvalue weighted by atomic mass is 16.3. The molecule has 1 amide bonds. The van der Waals surface area contributed by atoms with Crippen LogP contribution in [-0.2, 0) is 6.42 Å². The van der Waals surface area contributed by atoms with Gasteiger partial charge in [-0.25, -0.2) is 0 Å². The maximum Gasteiger partial charge on any atom is 0.254 e. The van der Waals surface area contributed by atoms with Crippen molar-refractivity contribution in [1.29, 1.82) is 0 Å². The quantitative estimate of drug-likeness (QED) is 0.666. The van der Waals surface area contributed by atoms with Crippen molar-refractivity contribution < 1.29 is 9.90 Å². The molecule has 0 saturated heterocycles. The predicted octanol–water partition coefficient (Wildman–Crippen LogP) is 4.70. The van der Waals surface area contributed by atoms with Gasteiger partial charge >= 0.3 is 0 Å². The van der Waals surface area contributed by atoms with E-state index in [1.165, 1.54) is 0 Å². The standard InChI is InChI=1S/C23H28N2O2/c1-16(21-15-19-7-5-6-8-20(19)24-21)25(4)22(26)18-11-9-17(10-12-18)13-14-23(2,3)27/h5-12,15-16,24,27H,13-14H2,1-4H3/t16-/m1/s1. The summed E-state index contributed by atoms with van der Waals surface area (Å²) < 4.78 is 0. The largest absolute Gasteiger partial charge is 0.390 e. The molecule has 3 aromatic rings. The third kappa shape index (κ3) is 4.58. The van der Waals surface area contributed by atoms with Crippen molar-refractivity contribution in [1.82, 2.24) is 9.88 Å². The Bertz CT molecular complexity index is 886. The third-order valence-corrected chi connectivity index (χ3v) is 5.13. The lowest BCUT2D eigenvalue weighted by atomic mass is 9.98. The fraction of sp³-hybridized carbons (Fsp3) is 0.348. The van der Waals surface area contributed by atoms with Crippen LogP contribution in [0.1, 0.15) is 54.8 Å². The zero-order valence-corrected chi connectivity index (χ0v) is 16.5. The molecule has 0 unspecified atom stereocenters. The molecule has 0 radical (unpaired) electrons. The molecule has 0 fully saturated rings. The summed E-state index contributed by atoms with van der Waals surface area (Å²) in [5.41, 5.74) is 3.22. The van der Waals surface area contributed by atoms with Crippen molar-refractivity contribution in [2.45, 2.75) is 45.3 Å². The van der Waals surface area contributed by atoms with E-state index in [1.807, 2.05) is 70.3 Å². The Morgan fingerprint density at radius 3 is 2.44 bits per heavy atom. The molecule has 0 spiro atoms. The van der Waals surface area contributed by atoms with E-state index in [9.17, 15) is 9.90 Å². The van der Waals surface area contributed by atoms with Crippen LogP contribution in [-0.4, -0.2) is 33.5 Å². The topological polar surface area (TPSA) is 56.3 Å². The molecule has 1 heterocycles. The van der Waals surface area contributed by atoms with Gasteiger partial charge in [0.25, 0.3) is 5.91 Å². The first-order chi connectivity index (χ1) is 12.7. The zero-order chi connectivity index (χ0) is 19.6. The Balaban J connectivity index is 1.70. The molecule has 0 aliphatic rings. The third-order valence-electron chi connectivity index (χ3n) is 5.13. The Labute approximate surface area is 160 Å². The summed E-state index contributed by atoms with van der Waals surface area (Å²) in [6, 6.07) is 17.9. The van der Waals surface area contributed by atoms with Crippen molar-refractivity contribution in [3.8, 4) is 0 Å². The van der Waals surface area contributed by atoms with Crippen LogP contribution in [0, 0.1) is 0 Å². The molecular formula is C23H28N2O2. The number of nitrogens with zero attached hydrogens (tertiary/aromatic N) is 1. The monoisotopic (exact) mass is 364 g/mol. The van der Waals surface area contributed by atoms with E-state index in [4.69, 9.17) is 0 Å². The van der Waals surface area contributed by atoms with Gasteiger partial charge in [-0.3, -0.25) is 4.79 Å². The van der Waals surface area contributed by atoms with Gasteiger partial charge < -0.3 is 15.0 Å². The number of aryl methyl sites for hydroxylation is 1. The van der Waals surface area contributed by atoms with E-state index in [-0.39, 0.29) is 11.9 Å². The van der Waals surface area contributed by atoms with E-state index in [0.29, 0.717) is 12.0 Å².